The molecular weight excluding hydrogens is 366 g/mol. The fourth-order valence-electron chi connectivity index (χ4n) is 1.99. The summed E-state index contributed by atoms with van der Waals surface area (Å²) >= 11 is 5.75. The van der Waals surface area contributed by atoms with Crippen LogP contribution in [0.1, 0.15) is 15.9 Å². The number of nitro benzene ring substituents is 1. The second-order valence-electron chi connectivity index (χ2n) is 4.90. The number of benzene rings is 2. The number of nitrogens with zero attached hydrogens (tertiary/aromatic N) is 2. The van der Waals surface area contributed by atoms with Crippen LogP contribution >= 0.6 is 11.6 Å². The van der Waals surface area contributed by atoms with Crippen molar-refractivity contribution in [2.45, 2.75) is 0 Å². The topological polar surface area (TPSA) is 126 Å². The number of nitro groups is 1. The van der Waals surface area contributed by atoms with Gasteiger partial charge in [0.1, 0.15) is 11.5 Å². The number of methoxy groups -OCH3 is 2. The Morgan fingerprint density at radius 3 is 2.35 bits per heavy atom. The summed E-state index contributed by atoms with van der Waals surface area (Å²) < 4.78 is 10.1. The fourth-order valence-corrected chi connectivity index (χ4v) is 2.22. The molecule has 0 bridgehead atoms. The molecule has 0 aliphatic rings. The van der Waals surface area contributed by atoms with Crippen molar-refractivity contribution in [1.82, 2.24) is 5.43 Å². The van der Waals surface area contributed by atoms with Crippen molar-refractivity contribution in [1.29, 1.82) is 0 Å². The number of hydrogen-bond donors (Lipinski definition) is 1. The van der Waals surface area contributed by atoms with Crippen molar-refractivity contribution in [3.8, 4) is 17.2 Å². The molecule has 0 atom stereocenters. The summed E-state index contributed by atoms with van der Waals surface area (Å²) in [4.78, 5) is 22.1. The summed E-state index contributed by atoms with van der Waals surface area (Å²) in [5, 5.41) is 26.4. The highest BCUT2D eigenvalue weighted by atomic mass is 35.5. The number of hydrogen-bond acceptors (Lipinski definition) is 7. The highest BCUT2D eigenvalue weighted by Gasteiger charge is 2.12. The minimum absolute atomic E-state index is 0.00149. The second-order valence-corrected chi connectivity index (χ2v) is 5.34. The molecule has 2 aromatic carbocycles. The van der Waals surface area contributed by atoms with Gasteiger partial charge in [-0.3, -0.25) is 14.9 Å². The first-order valence-corrected chi connectivity index (χ1v) is 7.45. The maximum Gasteiger partial charge on any atom is 0.271 e. The molecule has 0 spiro atoms. The molecule has 0 saturated carbocycles. The predicted molar refractivity (Wildman–Crippen MR) is 92.2 cm³/mol. The highest BCUT2D eigenvalue weighted by Crippen LogP contribution is 2.30. The summed E-state index contributed by atoms with van der Waals surface area (Å²) in [5.74, 6) is -0.639. The molecule has 0 aliphatic heterocycles. The molecule has 0 saturated heterocycles. The number of carbonyl (C=O) groups excluding carboxylic acids is 1. The zero-order valence-corrected chi connectivity index (χ0v) is 14.4. The number of nitrogens with one attached hydrogen (secondary N) is 1. The van der Waals surface area contributed by atoms with Crippen LogP contribution in [0.4, 0.5) is 5.69 Å². The Hall–Kier alpha value is -3.33. The average molecular weight is 379 g/mol. The number of rotatable bonds is 6. The minimum Gasteiger partial charge on any atom is -0.867 e. The van der Waals surface area contributed by atoms with Crippen molar-refractivity contribution >= 4 is 29.4 Å². The third-order valence-electron chi connectivity index (χ3n) is 3.24. The van der Waals surface area contributed by atoms with Gasteiger partial charge in [0.25, 0.3) is 11.6 Å². The highest BCUT2D eigenvalue weighted by molar-refractivity contribution is 6.31. The lowest BCUT2D eigenvalue weighted by molar-refractivity contribution is -0.398. The third-order valence-corrected chi connectivity index (χ3v) is 3.46. The molecule has 0 heterocycles. The van der Waals surface area contributed by atoms with E-state index in [9.17, 15) is 20.0 Å². The van der Waals surface area contributed by atoms with Crippen molar-refractivity contribution in [2.75, 3.05) is 14.2 Å². The summed E-state index contributed by atoms with van der Waals surface area (Å²) in [5.41, 5.74) is 1.61. The summed E-state index contributed by atoms with van der Waals surface area (Å²) in [6, 6.07) is 6.69. The van der Waals surface area contributed by atoms with E-state index in [4.69, 9.17) is 21.1 Å². The van der Waals surface area contributed by atoms with Crippen LogP contribution in [0.25, 0.3) is 0 Å². The number of amides is 1. The van der Waals surface area contributed by atoms with E-state index in [1.807, 2.05) is 0 Å². The van der Waals surface area contributed by atoms with Crippen LogP contribution in [0.3, 0.4) is 0 Å². The maximum absolute atomic E-state index is 12.1. The Labute approximate surface area is 153 Å². The second kappa shape index (κ2) is 8.17. The van der Waals surface area contributed by atoms with Gasteiger partial charge in [0.15, 0.2) is 0 Å². The standard InChI is InChI=1S/C16H14ClN3O6/c1-25-12-4-9(5-13(7-12)26-2)16(22)19-18-8-10-3-11(17)6-14(15(10)21)20(23)24/h3-8,21H,1-2H3,(H,19,22)/p-1/b18-8-. The quantitative estimate of drug-likeness (QED) is 0.466. The van der Waals surface area contributed by atoms with Crippen molar-refractivity contribution in [2.24, 2.45) is 5.10 Å². The first-order valence-electron chi connectivity index (χ1n) is 7.07. The van der Waals surface area contributed by atoms with Gasteiger partial charge in [0.05, 0.1) is 25.4 Å². The Morgan fingerprint density at radius 2 is 1.81 bits per heavy atom. The summed E-state index contributed by atoms with van der Waals surface area (Å²) in [6.07, 6.45) is 0.983. The van der Waals surface area contributed by atoms with Gasteiger partial charge in [-0.25, -0.2) is 5.43 Å². The Morgan fingerprint density at radius 1 is 1.19 bits per heavy atom. The maximum atomic E-state index is 12.1. The van der Waals surface area contributed by atoms with E-state index in [0.29, 0.717) is 11.5 Å². The molecule has 0 aliphatic carbocycles. The largest absolute Gasteiger partial charge is 0.867 e. The van der Waals surface area contributed by atoms with E-state index >= 15 is 0 Å². The SMILES string of the molecule is COc1cc(OC)cc(C(=O)N/N=C\c2cc(Cl)cc([N+](=O)[O-])c2[O-])c1. The third kappa shape index (κ3) is 4.39. The number of halogens is 1. The lowest BCUT2D eigenvalue weighted by Gasteiger charge is -2.11. The number of hydrazone groups is 1. The first kappa shape index (κ1) is 19.0. The molecule has 0 aromatic heterocycles. The molecular formula is C16H13ClN3O6-. The van der Waals surface area contributed by atoms with Gasteiger partial charge in [-0.1, -0.05) is 11.6 Å². The van der Waals surface area contributed by atoms with Crippen LogP contribution < -0.4 is 20.0 Å². The van der Waals surface area contributed by atoms with E-state index in [-0.39, 0.29) is 16.1 Å². The van der Waals surface area contributed by atoms with Crippen molar-refractivity contribution in [3.05, 3.63) is 56.6 Å². The molecule has 0 unspecified atom stereocenters. The smallest absolute Gasteiger partial charge is 0.271 e. The monoisotopic (exact) mass is 378 g/mol. The van der Waals surface area contributed by atoms with E-state index in [2.05, 4.69) is 10.5 Å². The zero-order chi connectivity index (χ0) is 19.3. The van der Waals surface area contributed by atoms with Gasteiger partial charge in [-0.15, -0.1) is 0 Å². The fraction of sp³-hybridized carbons (Fsp3) is 0.125. The first-order chi connectivity index (χ1) is 12.3. The number of carbonyl (C=O) groups is 1. The van der Waals surface area contributed by atoms with Crippen LogP contribution in [0.15, 0.2) is 35.4 Å². The van der Waals surface area contributed by atoms with Gasteiger partial charge in [-0.2, -0.15) is 5.10 Å². The Bertz CT molecular complexity index is 862. The van der Waals surface area contributed by atoms with Crippen molar-refractivity contribution in [3.63, 3.8) is 0 Å². The molecule has 2 aromatic rings. The molecule has 0 radical (unpaired) electrons. The molecule has 26 heavy (non-hydrogen) atoms. The predicted octanol–water partition coefficient (Wildman–Crippen LogP) is 2.10. The molecule has 9 nitrogen and oxygen atoms in total. The molecule has 136 valence electrons. The molecule has 1 amide bonds. The van der Waals surface area contributed by atoms with Crippen LogP contribution in [-0.2, 0) is 0 Å². The molecule has 1 N–H and O–H groups in total. The van der Waals surface area contributed by atoms with Gasteiger partial charge in [-0.05, 0) is 29.5 Å². The van der Waals surface area contributed by atoms with Crippen LogP contribution in [0.5, 0.6) is 17.2 Å². The average Bonchev–Trinajstić information content (AvgIpc) is 2.63. The van der Waals surface area contributed by atoms with Gasteiger partial charge in [0.2, 0.25) is 0 Å². The van der Waals surface area contributed by atoms with Crippen molar-refractivity contribution < 1.29 is 24.3 Å². The summed E-state index contributed by atoms with van der Waals surface area (Å²) in [7, 11) is 2.88. The van der Waals surface area contributed by atoms with E-state index in [1.54, 1.807) is 6.07 Å². The normalized spacial score (nSPS) is 10.6. The van der Waals surface area contributed by atoms with Gasteiger partial charge < -0.3 is 14.6 Å². The Balaban J connectivity index is 2.21. The zero-order valence-electron chi connectivity index (χ0n) is 13.7. The molecule has 2 rings (SSSR count). The van der Waals surface area contributed by atoms with E-state index < -0.39 is 22.3 Å². The van der Waals surface area contributed by atoms with Crippen LogP contribution in [0.2, 0.25) is 5.02 Å². The minimum atomic E-state index is -0.861. The van der Waals surface area contributed by atoms with E-state index in [1.165, 1.54) is 32.4 Å². The van der Waals surface area contributed by atoms with E-state index in [0.717, 1.165) is 12.3 Å². The van der Waals surface area contributed by atoms with Gasteiger partial charge in [0, 0.05) is 22.7 Å². The lowest BCUT2D eigenvalue weighted by Crippen LogP contribution is -2.18. The Kier molecular flexibility index (Phi) is 5.97. The summed E-state index contributed by atoms with van der Waals surface area (Å²) in [6.45, 7) is 0. The molecule has 10 heteroatoms. The lowest BCUT2D eigenvalue weighted by atomic mass is 10.2. The molecule has 0 fully saturated rings. The van der Waals surface area contributed by atoms with Gasteiger partial charge >= 0.3 is 0 Å². The van der Waals surface area contributed by atoms with Crippen LogP contribution in [-0.4, -0.2) is 31.3 Å². The van der Waals surface area contributed by atoms with Crippen LogP contribution in [0, 0.1) is 10.1 Å². The number of ether oxygens (including phenoxy) is 2.